The zero-order valence-electron chi connectivity index (χ0n) is 23.4. The molecule has 6 rings (SSSR count). The summed E-state index contributed by atoms with van der Waals surface area (Å²) in [7, 11) is 0. The molecule has 0 aromatic heterocycles. The highest BCUT2D eigenvalue weighted by Crippen LogP contribution is 2.42. The molecule has 8 nitrogen and oxygen atoms in total. The summed E-state index contributed by atoms with van der Waals surface area (Å²) in [6, 6.07) is 26.1. The number of rotatable bonds is 5. The lowest BCUT2D eigenvalue weighted by molar-refractivity contribution is -0.160. The smallest absolute Gasteiger partial charge is 0.329 e. The summed E-state index contributed by atoms with van der Waals surface area (Å²) in [4.78, 5) is 31.4. The van der Waals surface area contributed by atoms with Gasteiger partial charge in [0, 0.05) is 40.8 Å². The predicted octanol–water partition coefficient (Wildman–Crippen LogP) is 6.06. The molecule has 2 aliphatic heterocycles. The van der Waals surface area contributed by atoms with Gasteiger partial charge in [-0.05, 0) is 35.4 Å². The van der Waals surface area contributed by atoms with E-state index in [2.05, 4.69) is 0 Å². The number of anilines is 2. The van der Waals surface area contributed by atoms with Crippen molar-refractivity contribution in [3.8, 4) is 0 Å². The summed E-state index contributed by atoms with van der Waals surface area (Å²) in [5.74, 6) is -1.25. The summed E-state index contributed by atoms with van der Waals surface area (Å²) < 4.78 is 0. The van der Waals surface area contributed by atoms with Gasteiger partial charge in [0.15, 0.2) is 5.60 Å². The zero-order chi connectivity index (χ0) is 31.0. The molecule has 2 heterocycles. The van der Waals surface area contributed by atoms with Crippen LogP contribution in [0.4, 0.5) is 16.2 Å². The van der Waals surface area contributed by atoms with Crippen LogP contribution in [0.5, 0.6) is 0 Å². The van der Waals surface area contributed by atoms with Gasteiger partial charge in [-0.1, -0.05) is 108 Å². The Balaban J connectivity index is 1.36. The Morgan fingerprint density at radius 1 is 0.750 bits per heavy atom. The van der Waals surface area contributed by atoms with E-state index in [4.69, 9.17) is 23.2 Å². The Morgan fingerprint density at radius 3 is 1.73 bits per heavy atom. The molecule has 0 saturated carbocycles. The number of aliphatic hydroxyl groups excluding tert-OH is 1. The normalized spacial score (nSPS) is 17.4. The van der Waals surface area contributed by atoms with Crippen LogP contribution in [0.1, 0.15) is 22.3 Å². The number of benzene rings is 4. The average molecular weight is 631 g/mol. The number of aliphatic hydroxyl groups is 2. The Hall–Kier alpha value is -4.18. The van der Waals surface area contributed by atoms with Crippen LogP contribution in [0.25, 0.3) is 12.2 Å². The van der Waals surface area contributed by atoms with Gasteiger partial charge >= 0.3 is 12.0 Å². The zero-order valence-corrected chi connectivity index (χ0v) is 24.9. The van der Waals surface area contributed by atoms with Crippen molar-refractivity contribution in [2.45, 2.75) is 17.9 Å². The predicted molar refractivity (Wildman–Crippen MR) is 171 cm³/mol. The highest BCUT2D eigenvalue weighted by molar-refractivity contribution is 6.32. The first-order valence-corrected chi connectivity index (χ1v) is 14.8. The van der Waals surface area contributed by atoms with Gasteiger partial charge < -0.3 is 20.2 Å². The highest BCUT2D eigenvalue weighted by Gasteiger charge is 2.49. The maximum Gasteiger partial charge on any atom is 0.329 e. The molecule has 224 valence electrons. The van der Waals surface area contributed by atoms with Gasteiger partial charge in [-0.25, -0.2) is 9.59 Å². The Labute approximate surface area is 264 Å². The number of carboxylic acids is 1. The van der Waals surface area contributed by atoms with Gasteiger partial charge in [-0.15, -0.1) is 0 Å². The standard InChI is InChI=1S/C34H29Cl2N3O5/c35-26-13-5-3-11-24(26)34(44,25-12-4-6-14-27(25)36)32(42)37-19-20-38(30(21-37)31(40)41)33(43)39-28-15-7-1-9-22(28)17-18-23-10-2-8-16-29(23)39/h1-18,30,32,42,44H,19-21H2,(H,40,41)/t30-,32?/m0/s1. The number of amides is 2. The minimum Gasteiger partial charge on any atom is -0.480 e. The molecule has 2 atom stereocenters. The van der Waals surface area contributed by atoms with Gasteiger partial charge in [0.25, 0.3) is 0 Å². The summed E-state index contributed by atoms with van der Waals surface area (Å²) in [6.45, 7) is -0.250. The summed E-state index contributed by atoms with van der Waals surface area (Å²) >= 11 is 13.1. The van der Waals surface area contributed by atoms with Crippen LogP contribution in [0.15, 0.2) is 97.1 Å². The molecule has 1 saturated heterocycles. The number of hydrogen-bond acceptors (Lipinski definition) is 5. The third kappa shape index (κ3) is 5.15. The van der Waals surface area contributed by atoms with Crippen LogP contribution in [0.2, 0.25) is 10.0 Å². The van der Waals surface area contributed by atoms with Crippen molar-refractivity contribution in [1.29, 1.82) is 0 Å². The molecule has 0 aliphatic carbocycles. The quantitative estimate of drug-likeness (QED) is 0.248. The fourth-order valence-corrected chi connectivity index (χ4v) is 6.56. The molecule has 10 heteroatoms. The number of carboxylic acid groups (broad SMARTS) is 1. The topological polar surface area (TPSA) is 105 Å². The summed E-state index contributed by atoms with van der Waals surface area (Å²) in [6.07, 6.45) is 2.19. The second-order valence-electron chi connectivity index (χ2n) is 10.7. The van der Waals surface area contributed by atoms with Crippen LogP contribution in [0.3, 0.4) is 0 Å². The molecule has 3 N–H and O–H groups in total. The van der Waals surface area contributed by atoms with Crippen molar-refractivity contribution in [1.82, 2.24) is 9.80 Å². The van der Waals surface area contributed by atoms with Crippen LogP contribution in [-0.4, -0.2) is 69.0 Å². The lowest BCUT2D eigenvalue weighted by Gasteiger charge is -2.47. The van der Waals surface area contributed by atoms with Gasteiger partial charge in [-0.2, -0.15) is 0 Å². The molecule has 2 amide bonds. The number of nitrogens with zero attached hydrogens (tertiary/aromatic N) is 3. The first-order valence-electron chi connectivity index (χ1n) is 14.1. The number of hydrogen-bond donors (Lipinski definition) is 3. The first kappa shape index (κ1) is 29.9. The number of carbonyl (C=O) groups is 2. The third-order valence-corrected chi connectivity index (χ3v) is 8.88. The number of carbonyl (C=O) groups excluding carboxylic acids is 1. The average Bonchev–Trinajstić information content (AvgIpc) is 3.21. The van der Waals surface area contributed by atoms with Crippen molar-refractivity contribution in [2.75, 3.05) is 24.5 Å². The fraction of sp³-hybridized carbons (Fsp3) is 0.176. The molecule has 44 heavy (non-hydrogen) atoms. The van der Waals surface area contributed by atoms with E-state index in [1.54, 1.807) is 48.5 Å². The second-order valence-corrected chi connectivity index (χ2v) is 11.5. The molecular weight excluding hydrogens is 601 g/mol. The first-order chi connectivity index (χ1) is 21.2. The molecule has 4 aromatic carbocycles. The summed E-state index contributed by atoms with van der Waals surface area (Å²) in [5, 5.41) is 34.9. The van der Waals surface area contributed by atoms with Crippen molar-refractivity contribution < 1.29 is 24.9 Å². The molecule has 0 spiro atoms. The SMILES string of the molecule is O=C(O)[C@@H]1CN(C(O)C(O)(c2ccccc2Cl)c2ccccc2Cl)CCN1C(=O)N1c2ccccc2C=Cc2ccccc21. The van der Waals surface area contributed by atoms with E-state index in [0.29, 0.717) is 11.4 Å². The van der Waals surface area contributed by atoms with Crippen LogP contribution in [0, 0.1) is 0 Å². The Morgan fingerprint density at radius 2 is 1.23 bits per heavy atom. The van der Waals surface area contributed by atoms with Crippen molar-refractivity contribution in [2.24, 2.45) is 0 Å². The number of halogens is 2. The van der Waals surface area contributed by atoms with Crippen molar-refractivity contribution in [3.05, 3.63) is 129 Å². The molecule has 0 bridgehead atoms. The second kappa shape index (κ2) is 12.1. The minimum absolute atomic E-state index is 0.0394. The van der Waals surface area contributed by atoms with E-state index in [0.717, 1.165) is 11.1 Å². The van der Waals surface area contributed by atoms with E-state index in [9.17, 15) is 24.9 Å². The number of piperazine rings is 1. The van der Waals surface area contributed by atoms with E-state index < -0.39 is 29.9 Å². The van der Waals surface area contributed by atoms with Crippen LogP contribution < -0.4 is 4.90 Å². The Kier molecular flexibility index (Phi) is 8.20. The maximum atomic E-state index is 14.3. The molecule has 1 unspecified atom stereocenters. The van der Waals surface area contributed by atoms with Gasteiger partial charge in [0.1, 0.15) is 12.3 Å². The monoisotopic (exact) mass is 629 g/mol. The molecule has 4 aromatic rings. The summed E-state index contributed by atoms with van der Waals surface area (Å²) in [5.41, 5.74) is 1.15. The molecule has 0 radical (unpaired) electrons. The lowest BCUT2D eigenvalue weighted by atomic mass is 9.83. The fourth-order valence-electron chi connectivity index (χ4n) is 6.00. The molecule has 1 fully saturated rings. The van der Waals surface area contributed by atoms with Gasteiger partial charge in [0.05, 0.1) is 11.4 Å². The number of urea groups is 1. The highest BCUT2D eigenvalue weighted by atomic mass is 35.5. The number of aliphatic carboxylic acids is 1. The van der Waals surface area contributed by atoms with E-state index in [1.165, 1.54) is 14.7 Å². The largest absolute Gasteiger partial charge is 0.480 e. The number of para-hydroxylation sites is 2. The van der Waals surface area contributed by atoms with Crippen LogP contribution in [-0.2, 0) is 10.4 Å². The van der Waals surface area contributed by atoms with E-state index >= 15 is 0 Å². The van der Waals surface area contributed by atoms with E-state index in [1.807, 2.05) is 60.7 Å². The molecule has 2 aliphatic rings. The van der Waals surface area contributed by atoms with Crippen LogP contribution >= 0.6 is 23.2 Å². The van der Waals surface area contributed by atoms with Gasteiger partial charge in [-0.3, -0.25) is 9.80 Å². The Bertz CT molecular complexity index is 1670. The van der Waals surface area contributed by atoms with Crippen molar-refractivity contribution >= 4 is 58.7 Å². The maximum absolute atomic E-state index is 14.3. The van der Waals surface area contributed by atoms with E-state index in [-0.39, 0.29) is 40.8 Å². The van der Waals surface area contributed by atoms with Gasteiger partial charge in [0.2, 0.25) is 0 Å². The lowest BCUT2D eigenvalue weighted by Crippen LogP contribution is -2.64. The number of fused-ring (bicyclic) bond motifs is 2. The minimum atomic E-state index is -2.12. The van der Waals surface area contributed by atoms with Crippen molar-refractivity contribution in [3.63, 3.8) is 0 Å². The third-order valence-electron chi connectivity index (χ3n) is 8.22. The molecular formula is C34H29Cl2N3O5.